The molecule has 5 aliphatic heterocycles. The second-order valence-electron chi connectivity index (χ2n) is 10.1. The van der Waals surface area contributed by atoms with Crippen molar-refractivity contribution in [1.82, 2.24) is 10.2 Å². The largest absolute Gasteiger partial charge is 0.435 e. The monoisotopic (exact) mass is 424 g/mol. The van der Waals surface area contributed by atoms with Crippen molar-refractivity contribution in [3.63, 3.8) is 0 Å². The maximum Gasteiger partial charge on any atom is 0.309 e. The maximum atomic E-state index is 12.6. The Hall–Kier alpha value is -0.770. The molecule has 1 spiro atoms. The van der Waals surface area contributed by atoms with Crippen LogP contribution in [0, 0.1) is 23.7 Å². The quantitative estimate of drug-likeness (QED) is 0.543. The van der Waals surface area contributed by atoms with Gasteiger partial charge < -0.3 is 24.4 Å². The van der Waals surface area contributed by atoms with Crippen LogP contribution in [0.25, 0.3) is 0 Å². The standard InChI is InChI=1S/C22H36N2O6/c1-14-4-5-17-15(2)19(26-18(25)7-11-24-12-9-23-10-13-24)27-20-22(17)16(14)6-8-21(3,28-20)29-30-22/h14-17,19-20,23H,4-13H2,1-3H3/t14-,15-,16+,17+,19-,20-,21-,22-/m1/s1. The fraction of sp³-hybridized carbons (Fsp3) is 0.955. The van der Waals surface area contributed by atoms with Gasteiger partial charge in [0, 0.05) is 51.0 Å². The minimum atomic E-state index is -0.811. The summed E-state index contributed by atoms with van der Waals surface area (Å²) in [5.74, 6) is 0.0154. The SMILES string of the molecule is C[C@H]1[C@H](OC(=O)CCN2CCNCC2)O[C@@H]2O[C@@]3(C)CC[C@H]4[C@H](C)CC[C@@H]1[C@@]24OO3. The summed E-state index contributed by atoms with van der Waals surface area (Å²) in [5, 5.41) is 3.33. The van der Waals surface area contributed by atoms with E-state index in [2.05, 4.69) is 24.1 Å². The molecule has 1 saturated carbocycles. The molecule has 0 amide bonds. The molecule has 8 atom stereocenters. The number of carbonyl (C=O) groups is 1. The highest BCUT2D eigenvalue weighted by Gasteiger charge is 2.69. The van der Waals surface area contributed by atoms with Gasteiger partial charge >= 0.3 is 5.97 Å². The Morgan fingerprint density at radius 3 is 2.73 bits per heavy atom. The molecular weight excluding hydrogens is 388 g/mol. The summed E-state index contributed by atoms with van der Waals surface area (Å²) in [6.45, 7) is 10.9. The van der Waals surface area contributed by atoms with E-state index in [1.807, 2.05) is 6.92 Å². The molecule has 5 saturated heterocycles. The van der Waals surface area contributed by atoms with Crippen molar-refractivity contribution in [2.24, 2.45) is 23.7 Å². The van der Waals surface area contributed by atoms with Gasteiger partial charge in [-0.25, -0.2) is 9.78 Å². The molecule has 1 N–H and O–H groups in total. The predicted molar refractivity (Wildman–Crippen MR) is 107 cm³/mol. The van der Waals surface area contributed by atoms with Gasteiger partial charge in [0.2, 0.25) is 12.1 Å². The van der Waals surface area contributed by atoms with Crippen LogP contribution in [0.5, 0.6) is 0 Å². The van der Waals surface area contributed by atoms with E-state index < -0.39 is 24.0 Å². The summed E-state index contributed by atoms with van der Waals surface area (Å²) in [6.07, 6.45) is 3.11. The lowest BCUT2D eigenvalue weighted by Gasteiger charge is -2.59. The van der Waals surface area contributed by atoms with Gasteiger partial charge in [-0.15, -0.1) is 0 Å². The lowest BCUT2D eigenvalue weighted by atomic mass is 9.58. The van der Waals surface area contributed by atoms with Gasteiger partial charge in [-0.05, 0) is 38.0 Å². The molecule has 8 heteroatoms. The van der Waals surface area contributed by atoms with E-state index in [1.54, 1.807) is 0 Å². The highest BCUT2D eigenvalue weighted by molar-refractivity contribution is 5.69. The van der Waals surface area contributed by atoms with Crippen LogP contribution in [0.1, 0.15) is 52.9 Å². The summed E-state index contributed by atoms with van der Waals surface area (Å²) in [7, 11) is 0. The van der Waals surface area contributed by atoms with Gasteiger partial charge in [-0.1, -0.05) is 13.8 Å². The molecule has 0 aromatic carbocycles. The molecule has 170 valence electrons. The Labute approximate surface area is 178 Å². The normalized spacial score (nSPS) is 48.6. The van der Waals surface area contributed by atoms with E-state index in [4.69, 9.17) is 24.0 Å². The first kappa shape index (κ1) is 21.1. The number of carbonyl (C=O) groups excluding carboxylic acids is 1. The Balaban J connectivity index is 1.29. The van der Waals surface area contributed by atoms with Crippen molar-refractivity contribution in [3.05, 3.63) is 0 Å². The van der Waals surface area contributed by atoms with E-state index in [-0.39, 0.29) is 17.8 Å². The molecule has 6 fully saturated rings. The third-order valence-corrected chi connectivity index (χ3v) is 8.19. The maximum absolute atomic E-state index is 12.6. The second-order valence-corrected chi connectivity index (χ2v) is 10.1. The number of hydrogen-bond donors (Lipinski definition) is 1. The molecular formula is C22H36N2O6. The predicted octanol–water partition coefficient (Wildman–Crippen LogP) is 2.03. The molecule has 6 rings (SSSR count). The number of fused-ring (bicyclic) bond motifs is 2. The number of ether oxygens (including phenoxy) is 3. The van der Waals surface area contributed by atoms with Crippen LogP contribution in [-0.2, 0) is 28.8 Å². The molecule has 5 heterocycles. The lowest BCUT2D eigenvalue weighted by molar-refractivity contribution is -0.576. The van der Waals surface area contributed by atoms with Crippen LogP contribution in [-0.4, -0.2) is 67.6 Å². The molecule has 0 radical (unpaired) electrons. The molecule has 0 unspecified atom stereocenters. The van der Waals surface area contributed by atoms with Crippen molar-refractivity contribution in [1.29, 1.82) is 0 Å². The number of nitrogens with zero attached hydrogens (tertiary/aromatic N) is 1. The van der Waals surface area contributed by atoms with E-state index in [9.17, 15) is 4.79 Å². The first-order valence-electron chi connectivity index (χ1n) is 11.7. The average Bonchev–Trinajstić information content (AvgIpc) is 2.97. The van der Waals surface area contributed by atoms with Crippen LogP contribution < -0.4 is 5.32 Å². The van der Waals surface area contributed by atoms with Crippen LogP contribution in [0.4, 0.5) is 0 Å². The zero-order valence-electron chi connectivity index (χ0n) is 18.4. The number of esters is 1. The summed E-state index contributed by atoms with van der Waals surface area (Å²) in [5.41, 5.74) is -0.614. The number of piperazine rings is 1. The first-order valence-corrected chi connectivity index (χ1v) is 11.7. The topological polar surface area (TPSA) is 78.5 Å². The Morgan fingerprint density at radius 1 is 1.13 bits per heavy atom. The molecule has 0 aromatic rings. The molecule has 2 bridgehead atoms. The Bertz CT molecular complexity index is 658. The van der Waals surface area contributed by atoms with Gasteiger partial charge in [0.25, 0.3) is 0 Å². The number of rotatable bonds is 4. The van der Waals surface area contributed by atoms with Crippen LogP contribution in [0.15, 0.2) is 0 Å². The Morgan fingerprint density at radius 2 is 1.93 bits per heavy atom. The van der Waals surface area contributed by atoms with Crippen molar-refractivity contribution >= 4 is 5.97 Å². The number of hydrogen-bond acceptors (Lipinski definition) is 8. The van der Waals surface area contributed by atoms with E-state index in [0.29, 0.717) is 18.3 Å². The van der Waals surface area contributed by atoms with E-state index in [0.717, 1.165) is 58.4 Å². The summed E-state index contributed by atoms with van der Waals surface area (Å²) in [6, 6.07) is 0. The molecule has 6 aliphatic rings. The fourth-order valence-corrected chi connectivity index (χ4v) is 6.38. The van der Waals surface area contributed by atoms with Crippen molar-refractivity contribution in [2.75, 3.05) is 32.7 Å². The van der Waals surface area contributed by atoms with Crippen molar-refractivity contribution in [3.8, 4) is 0 Å². The zero-order valence-corrected chi connectivity index (χ0v) is 18.4. The van der Waals surface area contributed by atoms with Crippen LogP contribution >= 0.6 is 0 Å². The summed E-state index contributed by atoms with van der Waals surface area (Å²) < 4.78 is 18.5. The van der Waals surface area contributed by atoms with Gasteiger partial charge in [0.1, 0.15) is 0 Å². The second kappa shape index (κ2) is 7.98. The fourth-order valence-electron chi connectivity index (χ4n) is 6.38. The Kier molecular flexibility index (Phi) is 5.61. The van der Waals surface area contributed by atoms with Crippen LogP contribution in [0.3, 0.4) is 0 Å². The van der Waals surface area contributed by atoms with Gasteiger partial charge in [-0.2, -0.15) is 0 Å². The van der Waals surface area contributed by atoms with E-state index in [1.165, 1.54) is 0 Å². The lowest BCUT2D eigenvalue weighted by Crippen LogP contribution is -2.70. The minimum Gasteiger partial charge on any atom is -0.435 e. The zero-order chi connectivity index (χ0) is 20.9. The van der Waals surface area contributed by atoms with Gasteiger partial charge in [0.05, 0.1) is 6.42 Å². The first-order chi connectivity index (χ1) is 14.4. The van der Waals surface area contributed by atoms with Crippen LogP contribution in [0.2, 0.25) is 0 Å². The average molecular weight is 425 g/mol. The van der Waals surface area contributed by atoms with Crippen molar-refractivity contribution < 1.29 is 28.8 Å². The third-order valence-electron chi connectivity index (χ3n) is 8.19. The molecule has 1 aliphatic carbocycles. The minimum absolute atomic E-state index is 0.0223. The summed E-state index contributed by atoms with van der Waals surface area (Å²) >= 11 is 0. The van der Waals surface area contributed by atoms with E-state index >= 15 is 0 Å². The highest BCUT2D eigenvalue weighted by atomic mass is 17.3. The number of nitrogens with one attached hydrogen (secondary N) is 1. The smallest absolute Gasteiger partial charge is 0.309 e. The third kappa shape index (κ3) is 3.49. The van der Waals surface area contributed by atoms with Gasteiger partial charge in [-0.3, -0.25) is 4.79 Å². The van der Waals surface area contributed by atoms with Gasteiger partial charge in [0.15, 0.2) is 11.9 Å². The summed E-state index contributed by atoms with van der Waals surface area (Å²) in [4.78, 5) is 26.9. The molecule has 8 nitrogen and oxygen atoms in total. The highest BCUT2D eigenvalue weighted by Crippen LogP contribution is 2.60. The van der Waals surface area contributed by atoms with Crippen molar-refractivity contribution in [2.45, 2.75) is 76.8 Å². The molecule has 0 aromatic heterocycles. The molecule has 30 heavy (non-hydrogen) atoms.